The Bertz CT molecular complexity index is 1360. The van der Waals surface area contributed by atoms with Crippen molar-refractivity contribution in [3.8, 4) is 28.7 Å². The summed E-state index contributed by atoms with van der Waals surface area (Å²) in [5.74, 6) is 0.249. The summed E-state index contributed by atoms with van der Waals surface area (Å²) in [6.45, 7) is 4.61. The Kier molecular flexibility index (Phi) is 13.3. The third kappa shape index (κ3) is 11.3. The number of hydrogen-bond acceptors (Lipinski definition) is 10. The Morgan fingerprint density at radius 3 is 2.12 bits per heavy atom. The SMILES string of the molecule is C=CC(=O)OCCCCCCOc1ccc(C(=O)Oc2ccc(OC(=O)CCc3ccc(OC=O)cc3)c(OC)c2)cc1. The molecule has 3 aromatic rings. The maximum absolute atomic E-state index is 12.7. The molecule has 0 aliphatic rings. The second-order valence-corrected chi connectivity index (χ2v) is 9.19. The number of esters is 3. The van der Waals surface area contributed by atoms with E-state index in [1.54, 1.807) is 48.5 Å². The number of unbranched alkanes of at least 4 members (excludes halogenated alkanes) is 3. The van der Waals surface area contributed by atoms with Gasteiger partial charge in [-0.2, -0.15) is 0 Å². The van der Waals surface area contributed by atoms with Gasteiger partial charge in [-0.1, -0.05) is 18.7 Å². The fourth-order valence-electron chi connectivity index (χ4n) is 3.84. The van der Waals surface area contributed by atoms with Crippen molar-refractivity contribution in [2.45, 2.75) is 38.5 Å². The molecule has 3 rings (SSSR count). The highest BCUT2D eigenvalue weighted by molar-refractivity contribution is 5.91. The third-order valence-corrected chi connectivity index (χ3v) is 6.10. The summed E-state index contributed by atoms with van der Waals surface area (Å²) in [4.78, 5) is 46.4. The first-order chi connectivity index (χ1) is 20.9. The summed E-state index contributed by atoms with van der Waals surface area (Å²) in [6, 6.07) is 17.9. The van der Waals surface area contributed by atoms with Crippen LogP contribution in [-0.4, -0.2) is 44.7 Å². The van der Waals surface area contributed by atoms with Crippen LogP contribution in [0, 0.1) is 0 Å². The number of carbonyl (C=O) groups is 4. The number of ether oxygens (including phenoxy) is 6. The summed E-state index contributed by atoms with van der Waals surface area (Å²) in [6.07, 6.45) is 5.18. The van der Waals surface area contributed by atoms with Crippen LogP contribution < -0.4 is 23.7 Å². The van der Waals surface area contributed by atoms with Crippen LogP contribution >= 0.6 is 0 Å². The van der Waals surface area contributed by atoms with Crippen molar-refractivity contribution in [2.24, 2.45) is 0 Å². The normalized spacial score (nSPS) is 10.3. The van der Waals surface area contributed by atoms with Crippen molar-refractivity contribution in [1.29, 1.82) is 0 Å². The second kappa shape index (κ2) is 17.6. The largest absolute Gasteiger partial charge is 0.494 e. The van der Waals surface area contributed by atoms with Gasteiger partial charge in [-0.3, -0.25) is 9.59 Å². The zero-order chi connectivity index (χ0) is 30.9. The Morgan fingerprint density at radius 1 is 0.767 bits per heavy atom. The number of aryl methyl sites for hydroxylation is 1. The molecule has 3 aromatic carbocycles. The molecule has 43 heavy (non-hydrogen) atoms. The lowest BCUT2D eigenvalue weighted by molar-refractivity contribution is -0.138. The lowest BCUT2D eigenvalue weighted by Crippen LogP contribution is -2.11. The maximum atomic E-state index is 12.7. The van der Waals surface area contributed by atoms with E-state index in [2.05, 4.69) is 6.58 Å². The van der Waals surface area contributed by atoms with E-state index in [-0.39, 0.29) is 23.7 Å². The van der Waals surface area contributed by atoms with Crippen molar-refractivity contribution < 1.29 is 47.6 Å². The van der Waals surface area contributed by atoms with E-state index in [9.17, 15) is 19.2 Å². The fraction of sp³-hybridized carbons (Fsp3) is 0.273. The first-order valence-electron chi connectivity index (χ1n) is 13.7. The minimum absolute atomic E-state index is 0.114. The van der Waals surface area contributed by atoms with Gasteiger partial charge in [0.2, 0.25) is 0 Å². The molecule has 0 aromatic heterocycles. The van der Waals surface area contributed by atoms with Gasteiger partial charge in [-0.05, 0) is 86.2 Å². The van der Waals surface area contributed by atoms with Crippen LogP contribution in [0.4, 0.5) is 0 Å². The number of rotatable bonds is 18. The molecule has 0 spiro atoms. The Balaban J connectivity index is 1.42. The van der Waals surface area contributed by atoms with E-state index in [1.165, 1.54) is 25.3 Å². The summed E-state index contributed by atoms with van der Waals surface area (Å²) in [5.41, 5.74) is 1.21. The average Bonchev–Trinajstić information content (AvgIpc) is 3.03. The molecule has 10 nitrogen and oxygen atoms in total. The van der Waals surface area contributed by atoms with E-state index >= 15 is 0 Å². The Morgan fingerprint density at radius 2 is 1.44 bits per heavy atom. The van der Waals surface area contributed by atoms with Crippen LogP contribution in [0.15, 0.2) is 79.4 Å². The molecule has 0 amide bonds. The molecule has 0 heterocycles. The van der Waals surface area contributed by atoms with Gasteiger partial charge in [0.05, 0.1) is 25.9 Å². The van der Waals surface area contributed by atoms with Gasteiger partial charge in [0.1, 0.15) is 17.2 Å². The minimum atomic E-state index is -0.569. The molecule has 10 heteroatoms. The van der Waals surface area contributed by atoms with Crippen LogP contribution in [0.25, 0.3) is 0 Å². The van der Waals surface area contributed by atoms with Crippen molar-refractivity contribution in [3.05, 3.63) is 90.5 Å². The van der Waals surface area contributed by atoms with Crippen LogP contribution in [0.5, 0.6) is 28.7 Å². The van der Waals surface area contributed by atoms with Crippen LogP contribution in [0.3, 0.4) is 0 Å². The molecule has 0 aliphatic heterocycles. The van der Waals surface area contributed by atoms with Gasteiger partial charge in [-0.15, -0.1) is 0 Å². The summed E-state index contributed by atoms with van der Waals surface area (Å²) in [7, 11) is 1.42. The van der Waals surface area contributed by atoms with Gasteiger partial charge in [0, 0.05) is 18.6 Å². The molecule has 226 valence electrons. The highest BCUT2D eigenvalue weighted by Crippen LogP contribution is 2.32. The lowest BCUT2D eigenvalue weighted by Gasteiger charge is -2.12. The molecular formula is C33H34O10. The number of methoxy groups -OCH3 is 1. The third-order valence-electron chi connectivity index (χ3n) is 6.10. The van der Waals surface area contributed by atoms with Crippen molar-refractivity contribution in [3.63, 3.8) is 0 Å². The monoisotopic (exact) mass is 590 g/mol. The van der Waals surface area contributed by atoms with E-state index in [0.717, 1.165) is 37.3 Å². The van der Waals surface area contributed by atoms with Gasteiger partial charge >= 0.3 is 17.9 Å². The molecule has 0 fully saturated rings. The van der Waals surface area contributed by atoms with Gasteiger partial charge in [0.25, 0.3) is 6.47 Å². The summed E-state index contributed by atoms with van der Waals surface area (Å²) in [5, 5.41) is 0. The lowest BCUT2D eigenvalue weighted by atomic mass is 10.1. The zero-order valence-corrected chi connectivity index (χ0v) is 24.0. The highest BCUT2D eigenvalue weighted by atomic mass is 16.6. The molecule has 0 atom stereocenters. The van der Waals surface area contributed by atoms with Gasteiger partial charge in [0.15, 0.2) is 11.5 Å². The van der Waals surface area contributed by atoms with Crippen molar-refractivity contribution >= 4 is 24.4 Å². The average molecular weight is 591 g/mol. The number of hydrogen-bond donors (Lipinski definition) is 0. The van der Waals surface area contributed by atoms with E-state index in [4.69, 9.17) is 28.4 Å². The molecule has 0 saturated carbocycles. The molecule has 0 unspecified atom stereocenters. The Hall–Kier alpha value is -5.12. The number of carbonyl (C=O) groups excluding carboxylic acids is 4. The predicted molar refractivity (Wildman–Crippen MR) is 157 cm³/mol. The highest BCUT2D eigenvalue weighted by Gasteiger charge is 2.15. The van der Waals surface area contributed by atoms with E-state index in [0.29, 0.717) is 43.2 Å². The van der Waals surface area contributed by atoms with Gasteiger partial charge < -0.3 is 28.4 Å². The van der Waals surface area contributed by atoms with Crippen molar-refractivity contribution in [2.75, 3.05) is 20.3 Å². The first kappa shape index (κ1) is 32.4. The van der Waals surface area contributed by atoms with Crippen LogP contribution in [0.1, 0.15) is 48.0 Å². The standard InChI is InChI=1S/C33H34O10/c1-3-31(35)40-21-7-5-4-6-20-39-26-15-11-25(12-16-26)33(37)42-28-17-18-29(30(22-28)38-2)43-32(36)19-10-24-8-13-27(14-9-24)41-23-34/h3,8-9,11-18,22-23H,1,4-7,10,19-21H2,2H3. The van der Waals surface area contributed by atoms with E-state index < -0.39 is 17.9 Å². The topological polar surface area (TPSA) is 124 Å². The van der Waals surface area contributed by atoms with E-state index in [1.807, 2.05) is 0 Å². The molecule has 0 radical (unpaired) electrons. The summed E-state index contributed by atoms with van der Waals surface area (Å²) >= 11 is 0. The molecule has 0 bridgehead atoms. The fourth-order valence-corrected chi connectivity index (χ4v) is 3.84. The first-order valence-corrected chi connectivity index (χ1v) is 13.7. The van der Waals surface area contributed by atoms with Crippen LogP contribution in [-0.2, 0) is 25.5 Å². The van der Waals surface area contributed by atoms with Crippen molar-refractivity contribution in [1.82, 2.24) is 0 Å². The molecule has 0 N–H and O–H groups in total. The molecular weight excluding hydrogens is 556 g/mol. The molecule has 0 aliphatic carbocycles. The minimum Gasteiger partial charge on any atom is -0.494 e. The maximum Gasteiger partial charge on any atom is 0.343 e. The molecule has 0 saturated heterocycles. The number of benzene rings is 3. The predicted octanol–water partition coefficient (Wildman–Crippen LogP) is 5.66. The quantitative estimate of drug-likeness (QED) is 0.0603. The smallest absolute Gasteiger partial charge is 0.343 e. The Labute approximate surface area is 250 Å². The second-order valence-electron chi connectivity index (χ2n) is 9.19. The summed E-state index contributed by atoms with van der Waals surface area (Å²) < 4.78 is 31.7. The van der Waals surface area contributed by atoms with Gasteiger partial charge in [-0.25, -0.2) is 9.59 Å². The van der Waals surface area contributed by atoms with Crippen LogP contribution in [0.2, 0.25) is 0 Å². The zero-order valence-electron chi connectivity index (χ0n) is 24.0.